The van der Waals surface area contributed by atoms with Crippen molar-refractivity contribution in [3.8, 4) is 0 Å². The van der Waals surface area contributed by atoms with Gasteiger partial charge in [0.05, 0.1) is 11.1 Å². The van der Waals surface area contributed by atoms with Crippen molar-refractivity contribution in [1.82, 2.24) is 0 Å². The van der Waals surface area contributed by atoms with Crippen LogP contribution in [-0.2, 0) is 6.18 Å². The Hall–Kier alpha value is -1.99. The maximum Gasteiger partial charge on any atom is 0.419 e. The zero-order valence-corrected chi connectivity index (χ0v) is 7.38. The van der Waals surface area contributed by atoms with Crippen LogP contribution in [0.4, 0.5) is 23.2 Å². The molecule has 0 bridgehead atoms. The molecule has 8 heteroatoms. The van der Waals surface area contributed by atoms with Gasteiger partial charge < -0.3 is 5.11 Å². The van der Waals surface area contributed by atoms with Crippen molar-refractivity contribution in [1.29, 1.82) is 0 Å². The molecule has 0 heterocycles. The lowest BCUT2D eigenvalue weighted by Gasteiger charge is -2.09. The molecule has 0 aliphatic carbocycles. The van der Waals surface area contributed by atoms with Crippen molar-refractivity contribution in [3.05, 3.63) is 34.0 Å². The predicted molar refractivity (Wildman–Crippen MR) is 43.8 cm³/mol. The van der Waals surface area contributed by atoms with E-state index in [1.807, 2.05) is 5.18 Å². The van der Waals surface area contributed by atoms with Crippen LogP contribution in [0, 0.1) is 10.7 Å². The van der Waals surface area contributed by atoms with Gasteiger partial charge in [0, 0.05) is 0 Å². The van der Waals surface area contributed by atoms with Gasteiger partial charge in [0.2, 0.25) is 0 Å². The number of carbonyl (C=O) groups is 1. The molecule has 4 nitrogen and oxygen atoms in total. The molecule has 0 unspecified atom stereocenters. The van der Waals surface area contributed by atoms with Crippen LogP contribution < -0.4 is 0 Å². The first-order valence-corrected chi connectivity index (χ1v) is 3.74. The molecule has 0 aliphatic heterocycles. The van der Waals surface area contributed by atoms with Crippen molar-refractivity contribution in [3.63, 3.8) is 0 Å². The fraction of sp³-hybridized carbons (Fsp3) is 0.125. The smallest absolute Gasteiger partial charge is 0.419 e. The van der Waals surface area contributed by atoms with Gasteiger partial charge in [0.25, 0.3) is 0 Å². The zero-order valence-electron chi connectivity index (χ0n) is 7.38. The number of carboxylic acid groups (broad SMARTS) is 1. The minimum atomic E-state index is -5.09. The quantitative estimate of drug-likeness (QED) is 0.635. The van der Waals surface area contributed by atoms with E-state index in [4.69, 9.17) is 5.11 Å². The summed E-state index contributed by atoms with van der Waals surface area (Å²) in [7, 11) is 0. The van der Waals surface area contributed by atoms with Crippen LogP contribution in [0.3, 0.4) is 0 Å². The molecule has 0 saturated heterocycles. The summed E-state index contributed by atoms with van der Waals surface area (Å²) in [6.07, 6.45) is -5.09. The first-order chi connectivity index (χ1) is 7.27. The summed E-state index contributed by atoms with van der Waals surface area (Å²) in [5.41, 5.74) is -3.88. The lowest BCUT2D eigenvalue weighted by Crippen LogP contribution is -2.10. The first kappa shape index (κ1) is 12.1. The standard InChI is InChI=1S/C8H3F4NO3/c9-6-4(8(10,11)12)1-3(7(14)15)2-5(6)13-16/h1-2H,(H,14,15). The zero-order chi connectivity index (χ0) is 12.5. The van der Waals surface area contributed by atoms with Crippen LogP contribution in [0.2, 0.25) is 0 Å². The van der Waals surface area contributed by atoms with Gasteiger partial charge in [-0.3, -0.25) is 0 Å². The number of nitroso groups, excluding NO2 is 1. The van der Waals surface area contributed by atoms with Gasteiger partial charge >= 0.3 is 12.1 Å². The van der Waals surface area contributed by atoms with E-state index < -0.39 is 34.8 Å². The minimum absolute atomic E-state index is 0.104. The molecule has 0 aliphatic rings. The van der Waals surface area contributed by atoms with Crippen molar-refractivity contribution in [2.24, 2.45) is 5.18 Å². The highest BCUT2D eigenvalue weighted by atomic mass is 19.4. The molecule has 1 aromatic carbocycles. The minimum Gasteiger partial charge on any atom is -0.478 e. The first-order valence-electron chi connectivity index (χ1n) is 3.74. The molecule has 0 fully saturated rings. The van der Waals surface area contributed by atoms with E-state index in [9.17, 15) is 27.3 Å². The maximum atomic E-state index is 13.0. The summed E-state index contributed by atoms with van der Waals surface area (Å²) in [5, 5.41) is 10.5. The van der Waals surface area contributed by atoms with E-state index in [1.165, 1.54) is 0 Å². The van der Waals surface area contributed by atoms with E-state index in [0.29, 0.717) is 6.07 Å². The molecule has 1 rings (SSSR count). The molecule has 86 valence electrons. The highest BCUT2D eigenvalue weighted by Crippen LogP contribution is 2.35. The number of hydrogen-bond donors (Lipinski definition) is 1. The Morgan fingerprint density at radius 3 is 2.25 bits per heavy atom. The van der Waals surface area contributed by atoms with Crippen LogP contribution in [0.25, 0.3) is 0 Å². The Bertz CT molecular complexity index is 455. The van der Waals surface area contributed by atoms with Gasteiger partial charge in [-0.05, 0) is 17.3 Å². The summed E-state index contributed by atoms with van der Waals surface area (Å²) in [4.78, 5) is 20.5. The van der Waals surface area contributed by atoms with Crippen molar-refractivity contribution < 1.29 is 27.5 Å². The third kappa shape index (κ3) is 2.15. The van der Waals surface area contributed by atoms with Gasteiger partial charge in [-0.15, -0.1) is 4.91 Å². The van der Waals surface area contributed by atoms with Crippen molar-refractivity contribution in [2.75, 3.05) is 0 Å². The number of halogens is 4. The Kier molecular flexibility index (Phi) is 2.92. The largest absolute Gasteiger partial charge is 0.478 e. The van der Waals surface area contributed by atoms with Crippen LogP contribution in [0.1, 0.15) is 15.9 Å². The average molecular weight is 237 g/mol. The van der Waals surface area contributed by atoms with Crippen LogP contribution in [0.15, 0.2) is 17.3 Å². The number of rotatable bonds is 2. The molecular formula is C8H3F4NO3. The summed E-state index contributed by atoms with van der Waals surface area (Å²) in [6.45, 7) is 0. The number of nitrogens with zero attached hydrogens (tertiary/aromatic N) is 1. The molecule has 1 N–H and O–H groups in total. The summed E-state index contributed by atoms with van der Waals surface area (Å²) < 4.78 is 49.7. The van der Waals surface area contributed by atoms with Crippen molar-refractivity contribution in [2.45, 2.75) is 6.18 Å². The van der Waals surface area contributed by atoms with Gasteiger partial charge in [-0.25, -0.2) is 9.18 Å². The number of aromatic carboxylic acids is 1. The summed E-state index contributed by atoms with van der Waals surface area (Å²) in [5.74, 6) is -3.59. The fourth-order valence-electron chi connectivity index (χ4n) is 1.01. The number of hydrogen-bond acceptors (Lipinski definition) is 3. The fourth-order valence-corrected chi connectivity index (χ4v) is 1.01. The molecule has 0 radical (unpaired) electrons. The molecule has 0 spiro atoms. The molecule has 0 atom stereocenters. The van der Waals surface area contributed by atoms with Crippen LogP contribution in [-0.4, -0.2) is 11.1 Å². The Labute approximate surface area is 85.5 Å². The average Bonchev–Trinajstić information content (AvgIpc) is 2.15. The summed E-state index contributed by atoms with van der Waals surface area (Å²) >= 11 is 0. The molecule has 1 aromatic rings. The van der Waals surface area contributed by atoms with Gasteiger partial charge in [-0.1, -0.05) is 0 Å². The second-order valence-electron chi connectivity index (χ2n) is 2.75. The van der Waals surface area contributed by atoms with Crippen LogP contribution >= 0.6 is 0 Å². The Morgan fingerprint density at radius 1 is 1.31 bits per heavy atom. The molecule has 0 saturated carbocycles. The van der Waals surface area contributed by atoms with Gasteiger partial charge in [-0.2, -0.15) is 13.2 Å². The molecule has 0 amide bonds. The Morgan fingerprint density at radius 2 is 1.88 bits per heavy atom. The number of benzene rings is 1. The monoisotopic (exact) mass is 237 g/mol. The van der Waals surface area contributed by atoms with Gasteiger partial charge in [0.15, 0.2) is 5.82 Å². The number of carboxylic acids is 1. The highest BCUT2D eigenvalue weighted by molar-refractivity contribution is 5.89. The van der Waals surface area contributed by atoms with E-state index in [-0.39, 0.29) is 6.07 Å². The normalized spacial score (nSPS) is 11.2. The Balaban J connectivity index is 3.54. The maximum absolute atomic E-state index is 13.0. The van der Waals surface area contributed by atoms with E-state index in [2.05, 4.69) is 0 Å². The van der Waals surface area contributed by atoms with Gasteiger partial charge in [0.1, 0.15) is 5.69 Å². The third-order valence-electron chi connectivity index (χ3n) is 1.70. The van der Waals surface area contributed by atoms with Crippen molar-refractivity contribution >= 4 is 11.7 Å². The topological polar surface area (TPSA) is 66.7 Å². The molecular weight excluding hydrogens is 234 g/mol. The second-order valence-corrected chi connectivity index (χ2v) is 2.75. The highest BCUT2D eigenvalue weighted by Gasteiger charge is 2.36. The van der Waals surface area contributed by atoms with E-state index in [0.717, 1.165) is 0 Å². The van der Waals surface area contributed by atoms with E-state index >= 15 is 0 Å². The predicted octanol–water partition coefficient (Wildman–Crippen LogP) is 2.94. The molecule has 16 heavy (non-hydrogen) atoms. The summed E-state index contributed by atoms with van der Waals surface area (Å²) in [6, 6.07) is 0.534. The lowest BCUT2D eigenvalue weighted by molar-refractivity contribution is -0.139. The molecule has 0 aromatic heterocycles. The second kappa shape index (κ2) is 3.87. The third-order valence-corrected chi connectivity index (χ3v) is 1.70. The number of alkyl halides is 3. The SMILES string of the molecule is O=Nc1cc(C(=O)O)cc(C(F)(F)F)c1F. The lowest BCUT2D eigenvalue weighted by atomic mass is 10.1. The van der Waals surface area contributed by atoms with E-state index in [1.54, 1.807) is 0 Å². The van der Waals surface area contributed by atoms with Crippen LogP contribution in [0.5, 0.6) is 0 Å².